The fourth-order valence-corrected chi connectivity index (χ4v) is 2.61. The van der Waals surface area contributed by atoms with E-state index in [0.29, 0.717) is 17.7 Å². The molecule has 1 amide bonds. The van der Waals surface area contributed by atoms with Gasteiger partial charge in [-0.2, -0.15) is 0 Å². The number of amides is 1. The van der Waals surface area contributed by atoms with Gasteiger partial charge >= 0.3 is 0 Å². The summed E-state index contributed by atoms with van der Waals surface area (Å²) in [6, 6.07) is 0. The molecule has 104 valence electrons. The average molecular weight is 263 g/mol. The molecule has 1 saturated heterocycles. The monoisotopic (exact) mass is 263 g/mol. The van der Waals surface area contributed by atoms with Gasteiger partial charge in [-0.05, 0) is 44.7 Å². The van der Waals surface area contributed by atoms with Crippen LogP contribution in [0.5, 0.6) is 0 Å². The van der Waals surface area contributed by atoms with Gasteiger partial charge in [0.1, 0.15) is 5.82 Å². The van der Waals surface area contributed by atoms with E-state index in [1.165, 1.54) is 0 Å². The van der Waals surface area contributed by atoms with Crippen molar-refractivity contribution in [3.8, 4) is 0 Å². The largest absolute Gasteiger partial charge is 0.339 e. The number of H-pyrrole nitrogens is 1. The lowest BCUT2D eigenvalue weighted by molar-refractivity contribution is 0.0751. The van der Waals surface area contributed by atoms with E-state index in [4.69, 9.17) is 0 Å². The third-order valence-corrected chi connectivity index (χ3v) is 4.00. The maximum atomic E-state index is 12.2. The van der Waals surface area contributed by atoms with Crippen LogP contribution >= 0.6 is 0 Å². The van der Waals surface area contributed by atoms with Crippen LogP contribution in [0.1, 0.15) is 48.0 Å². The number of aromatic amines is 1. The van der Waals surface area contributed by atoms with Crippen LogP contribution in [0.15, 0.2) is 0 Å². The Kier molecular flexibility index (Phi) is 3.50. The minimum atomic E-state index is -0.0679. The van der Waals surface area contributed by atoms with E-state index in [9.17, 15) is 4.79 Å². The highest BCUT2D eigenvalue weighted by Crippen LogP contribution is 2.37. The standard InChI is InChI=1S/C13H21N5O/c1-18(8-9-4-6-14-7-5-9)13(19)12-15-11(16-17-12)10-2-3-10/h9-10,14H,2-8H2,1H3,(H,15,16,17). The Morgan fingerprint density at radius 3 is 2.74 bits per heavy atom. The Morgan fingerprint density at radius 2 is 2.05 bits per heavy atom. The lowest BCUT2D eigenvalue weighted by Gasteiger charge is -2.26. The Bertz CT molecular complexity index is 448. The molecule has 2 fully saturated rings. The number of nitrogens with one attached hydrogen (secondary N) is 2. The van der Waals surface area contributed by atoms with Gasteiger partial charge in [0.2, 0.25) is 5.82 Å². The molecule has 0 atom stereocenters. The molecule has 19 heavy (non-hydrogen) atoms. The zero-order valence-electron chi connectivity index (χ0n) is 11.4. The summed E-state index contributed by atoms with van der Waals surface area (Å²) in [7, 11) is 1.84. The molecule has 1 saturated carbocycles. The van der Waals surface area contributed by atoms with Gasteiger partial charge in [0.25, 0.3) is 5.91 Å². The zero-order chi connectivity index (χ0) is 13.2. The molecule has 6 nitrogen and oxygen atoms in total. The molecule has 1 aromatic rings. The predicted molar refractivity (Wildman–Crippen MR) is 70.9 cm³/mol. The van der Waals surface area contributed by atoms with Crippen molar-refractivity contribution in [1.82, 2.24) is 25.4 Å². The highest BCUT2D eigenvalue weighted by Gasteiger charge is 2.29. The van der Waals surface area contributed by atoms with E-state index in [0.717, 1.165) is 51.1 Å². The molecule has 2 aliphatic rings. The number of carbonyl (C=O) groups is 1. The summed E-state index contributed by atoms with van der Waals surface area (Å²) < 4.78 is 0. The first-order valence-corrected chi connectivity index (χ1v) is 7.12. The second-order valence-corrected chi connectivity index (χ2v) is 5.70. The molecule has 1 aliphatic heterocycles. The Balaban J connectivity index is 1.58. The summed E-state index contributed by atoms with van der Waals surface area (Å²) in [5, 5.41) is 10.3. The van der Waals surface area contributed by atoms with Crippen molar-refractivity contribution in [3.05, 3.63) is 11.6 Å². The molecule has 3 rings (SSSR count). The second kappa shape index (κ2) is 5.28. The van der Waals surface area contributed by atoms with Crippen molar-refractivity contribution >= 4 is 5.91 Å². The van der Waals surface area contributed by atoms with Crippen molar-refractivity contribution in [3.63, 3.8) is 0 Å². The third-order valence-electron chi connectivity index (χ3n) is 4.00. The number of hydrogen-bond donors (Lipinski definition) is 2. The van der Waals surface area contributed by atoms with Crippen LogP contribution in [0, 0.1) is 5.92 Å². The summed E-state index contributed by atoms with van der Waals surface area (Å²) in [5.41, 5.74) is 0. The SMILES string of the molecule is CN(CC1CCNCC1)C(=O)c1n[nH]c(C2CC2)n1. The van der Waals surface area contributed by atoms with E-state index in [2.05, 4.69) is 20.5 Å². The molecule has 2 heterocycles. The van der Waals surface area contributed by atoms with Crippen LogP contribution < -0.4 is 5.32 Å². The maximum Gasteiger partial charge on any atom is 0.293 e. The molecule has 1 aromatic heterocycles. The number of hydrogen-bond acceptors (Lipinski definition) is 4. The van der Waals surface area contributed by atoms with Crippen molar-refractivity contribution < 1.29 is 4.79 Å². The summed E-state index contributed by atoms with van der Waals surface area (Å²) in [5.74, 6) is 2.22. The van der Waals surface area contributed by atoms with Crippen LogP contribution in [-0.4, -0.2) is 52.7 Å². The lowest BCUT2D eigenvalue weighted by Crippen LogP contribution is -2.37. The van der Waals surface area contributed by atoms with Crippen LogP contribution in [-0.2, 0) is 0 Å². The second-order valence-electron chi connectivity index (χ2n) is 5.70. The van der Waals surface area contributed by atoms with Gasteiger partial charge in [-0.15, -0.1) is 5.10 Å². The van der Waals surface area contributed by atoms with Crippen molar-refractivity contribution in [2.24, 2.45) is 5.92 Å². The fourth-order valence-electron chi connectivity index (χ4n) is 2.61. The highest BCUT2D eigenvalue weighted by molar-refractivity contribution is 5.90. The first-order chi connectivity index (χ1) is 9.24. The van der Waals surface area contributed by atoms with Crippen molar-refractivity contribution in [2.45, 2.75) is 31.6 Å². The highest BCUT2D eigenvalue weighted by atomic mass is 16.2. The van der Waals surface area contributed by atoms with Crippen LogP contribution in [0.2, 0.25) is 0 Å². The van der Waals surface area contributed by atoms with Crippen molar-refractivity contribution in [1.29, 1.82) is 0 Å². The molecule has 0 unspecified atom stereocenters. The molecule has 0 bridgehead atoms. The van der Waals surface area contributed by atoms with Gasteiger partial charge in [0.15, 0.2) is 0 Å². The van der Waals surface area contributed by atoms with E-state index in [1.54, 1.807) is 4.90 Å². The minimum Gasteiger partial charge on any atom is -0.339 e. The maximum absolute atomic E-state index is 12.2. The Morgan fingerprint density at radius 1 is 1.32 bits per heavy atom. The molecular weight excluding hydrogens is 242 g/mol. The number of rotatable bonds is 4. The number of carbonyl (C=O) groups excluding carboxylic acids is 1. The zero-order valence-corrected chi connectivity index (χ0v) is 11.4. The summed E-state index contributed by atoms with van der Waals surface area (Å²) in [6.07, 6.45) is 4.60. The molecular formula is C13H21N5O. The van der Waals surface area contributed by atoms with E-state index < -0.39 is 0 Å². The van der Waals surface area contributed by atoms with Gasteiger partial charge < -0.3 is 10.2 Å². The third kappa shape index (κ3) is 2.94. The molecule has 6 heteroatoms. The normalized spacial score (nSPS) is 20.5. The first kappa shape index (κ1) is 12.6. The van der Waals surface area contributed by atoms with E-state index in [1.807, 2.05) is 7.05 Å². The summed E-state index contributed by atoms with van der Waals surface area (Å²) in [4.78, 5) is 18.3. The number of piperidine rings is 1. The predicted octanol–water partition coefficient (Wildman–Crippen LogP) is 0.754. The van der Waals surface area contributed by atoms with Crippen LogP contribution in [0.3, 0.4) is 0 Å². The van der Waals surface area contributed by atoms with Gasteiger partial charge in [0.05, 0.1) is 0 Å². The Hall–Kier alpha value is -1.43. The topological polar surface area (TPSA) is 73.9 Å². The molecule has 2 N–H and O–H groups in total. The van der Waals surface area contributed by atoms with Crippen LogP contribution in [0.4, 0.5) is 0 Å². The number of nitrogens with zero attached hydrogens (tertiary/aromatic N) is 3. The summed E-state index contributed by atoms with van der Waals surface area (Å²) >= 11 is 0. The average Bonchev–Trinajstić information content (AvgIpc) is 3.17. The van der Waals surface area contributed by atoms with Crippen LogP contribution in [0.25, 0.3) is 0 Å². The minimum absolute atomic E-state index is 0.0679. The van der Waals surface area contributed by atoms with Gasteiger partial charge in [-0.3, -0.25) is 9.89 Å². The van der Waals surface area contributed by atoms with Gasteiger partial charge in [-0.25, -0.2) is 4.98 Å². The molecule has 0 spiro atoms. The molecule has 0 radical (unpaired) electrons. The molecule has 1 aliphatic carbocycles. The van der Waals surface area contributed by atoms with Gasteiger partial charge in [0, 0.05) is 19.5 Å². The van der Waals surface area contributed by atoms with Gasteiger partial charge in [-0.1, -0.05) is 0 Å². The Labute approximate surface area is 113 Å². The smallest absolute Gasteiger partial charge is 0.293 e. The number of aromatic nitrogens is 3. The van der Waals surface area contributed by atoms with Crippen molar-refractivity contribution in [2.75, 3.05) is 26.7 Å². The molecule has 0 aromatic carbocycles. The van der Waals surface area contributed by atoms with E-state index >= 15 is 0 Å². The first-order valence-electron chi connectivity index (χ1n) is 7.12. The quantitative estimate of drug-likeness (QED) is 0.841. The van der Waals surface area contributed by atoms with E-state index in [-0.39, 0.29) is 5.91 Å². The fraction of sp³-hybridized carbons (Fsp3) is 0.769. The lowest BCUT2D eigenvalue weighted by atomic mass is 9.98. The summed E-state index contributed by atoms with van der Waals surface area (Å²) in [6.45, 7) is 2.91.